The number of carbonyl (C=O) groups excluding carboxylic acids is 8. The van der Waals surface area contributed by atoms with E-state index < -0.39 is 45.6 Å². The monoisotopic (exact) mass is 1020 g/mol. The molecule has 1 aliphatic carbocycles. The molecular weight excluding hydrogens is 955 g/mol. The summed E-state index contributed by atoms with van der Waals surface area (Å²) in [6.07, 6.45) is 10.7. The summed E-state index contributed by atoms with van der Waals surface area (Å²) in [6, 6.07) is 12.1. The Morgan fingerprint density at radius 1 is 0.859 bits per heavy atom. The number of piperidine rings is 2. The van der Waals surface area contributed by atoms with Crippen LogP contribution in [0, 0.1) is 11.3 Å². The van der Waals surface area contributed by atoms with Crippen LogP contribution in [0.3, 0.4) is 0 Å². The second-order valence-electron chi connectivity index (χ2n) is 19.5. The van der Waals surface area contributed by atoms with Crippen LogP contribution in [0.2, 0.25) is 0 Å². The third kappa shape index (κ3) is 12.6. The third-order valence-corrected chi connectivity index (χ3v) is 17.0. The molecule has 71 heavy (non-hydrogen) atoms. The predicted octanol–water partition coefficient (Wildman–Crippen LogP) is 1.53. The number of nitrogens with zero attached hydrogens (tertiary/aromatic N) is 2. The Hall–Kier alpha value is -5.42. The maximum atomic E-state index is 13.6. The van der Waals surface area contributed by atoms with Gasteiger partial charge in [-0.2, -0.15) is 0 Å². The average molecular weight is 1020 g/mol. The Labute approximate surface area is 418 Å². The molecule has 4 saturated heterocycles. The largest absolute Gasteiger partial charge is 0.483 e. The number of hydrogen-bond donors (Lipinski definition) is 7. The minimum absolute atomic E-state index is 0.00670. The van der Waals surface area contributed by atoms with Crippen LogP contribution in [0.5, 0.6) is 5.75 Å². The molecule has 6 aliphatic rings. The lowest BCUT2D eigenvalue weighted by molar-refractivity contribution is -0.136. The number of rotatable bonds is 22. The molecule has 0 aromatic heterocycles. The van der Waals surface area contributed by atoms with Gasteiger partial charge in [0.25, 0.3) is 17.7 Å². The molecule has 0 spiro atoms. The molecule has 7 N–H and O–H groups in total. The van der Waals surface area contributed by atoms with Crippen molar-refractivity contribution in [3.63, 3.8) is 0 Å². The number of ether oxygens (including phenoxy) is 1. The molecule has 6 atom stereocenters. The van der Waals surface area contributed by atoms with E-state index in [-0.39, 0.29) is 96.0 Å². The minimum Gasteiger partial charge on any atom is -0.483 e. The Bertz CT molecular complexity index is 2510. The Kier molecular flexibility index (Phi) is 16.8. The van der Waals surface area contributed by atoms with Crippen LogP contribution in [0.4, 0.5) is 0 Å². The van der Waals surface area contributed by atoms with Crippen molar-refractivity contribution < 1.29 is 51.5 Å². The lowest BCUT2D eigenvalue weighted by Gasteiger charge is -2.35. The summed E-state index contributed by atoms with van der Waals surface area (Å²) >= 11 is 1.59. The van der Waals surface area contributed by atoms with Crippen molar-refractivity contribution >= 4 is 69.0 Å². The number of sulfonamides is 1. The summed E-state index contributed by atoms with van der Waals surface area (Å²) in [4.78, 5) is 103. The topological polar surface area (TPSA) is 271 Å². The molecule has 5 heterocycles. The summed E-state index contributed by atoms with van der Waals surface area (Å²) in [7, 11) is -3.36. The number of benzene rings is 2. The van der Waals surface area contributed by atoms with Crippen LogP contribution >= 0.6 is 11.8 Å². The van der Waals surface area contributed by atoms with Gasteiger partial charge in [-0.3, -0.25) is 53.9 Å². The van der Waals surface area contributed by atoms with E-state index in [9.17, 15) is 46.8 Å². The predicted molar refractivity (Wildman–Crippen MR) is 262 cm³/mol. The van der Waals surface area contributed by atoms with Crippen LogP contribution in [0.1, 0.15) is 127 Å². The zero-order chi connectivity index (χ0) is 50.3. The first-order valence-corrected chi connectivity index (χ1v) is 27.8. The van der Waals surface area contributed by atoms with E-state index in [1.54, 1.807) is 17.8 Å². The van der Waals surface area contributed by atoms with Crippen LogP contribution in [0.25, 0.3) is 0 Å². The van der Waals surface area contributed by atoms with Gasteiger partial charge in [-0.15, -0.1) is 11.8 Å². The van der Waals surface area contributed by atoms with E-state index in [0.29, 0.717) is 32.0 Å². The van der Waals surface area contributed by atoms with Crippen molar-refractivity contribution in [2.75, 3.05) is 57.9 Å². The fourth-order valence-electron chi connectivity index (χ4n) is 10.4. The van der Waals surface area contributed by atoms with E-state index in [2.05, 4.69) is 61.5 Å². The molecule has 0 radical (unpaired) electrons. The first-order valence-electron chi connectivity index (χ1n) is 24.9. The van der Waals surface area contributed by atoms with Crippen LogP contribution in [0.15, 0.2) is 42.5 Å². The van der Waals surface area contributed by atoms with Crippen molar-refractivity contribution in [3.05, 3.63) is 64.7 Å². The summed E-state index contributed by atoms with van der Waals surface area (Å²) in [5, 5.41) is 21.0. The normalized spacial score (nSPS) is 25.1. The summed E-state index contributed by atoms with van der Waals surface area (Å²) in [5.74, 6) is -2.73. The second kappa shape index (κ2) is 23.0. The zero-order valence-corrected chi connectivity index (χ0v) is 41.7. The lowest BCUT2D eigenvalue weighted by Crippen LogP contribution is -2.54. The standard InChI is InChI=1S/C49H65N9O11S2/c1-71(67,68)57-23-17-33(27-57)43(62)53-26-40(60)56-48-54-35(29-70-48)32-11-8-10-30(24-32)31-16-22-50-38(25-31)49(18-19-49)47(66)52-21-7-5-3-2-4-6-20-51-41(61)28-69-37-13-9-12-34-42(37)46(65)58(45(34)64)36-14-15-39(59)55-44(36)63/h8-13,24,31,33,35-36,38,48,50,54H,2-7,14-23,25-29H2,1H3,(H,51,61)(H,52,66)(H,53,62)(H,56,60)(H,55,59,63). The Morgan fingerprint density at radius 3 is 2.32 bits per heavy atom. The molecule has 0 bridgehead atoms. The van der Waals surface area contributed by atoms with Crippen molar-refractivity contribution in [1.82, 2.24) is 46.4 Å². The van der Waals surface area contributed by atoms with Gasteiger partial charge in [-0.05, 0) is 87.1 Å². The third-order valence-electron chi connectivity index (χ3n) is 14.6. The highest BCUT2D eigenvalue weighted by atomic mass is 32.2. The molecule has 5 aliphatic heterocycles. The van der Waals surface area contributed by atoms with E-state index >= 15 is 0 Å². The van der Waals surface area contributed by atoms with Gasteiger partial charge in [0.05, 0.1) is 35.3 Å². The molecule has 384 valence electrons. The maximum Gasteiger partial charge on any atom is 0.266 e. The van der Waals surface area contributed by atoms with Crippen LogP contribution in [-0.4, -0.2) is 140 Å². The smallest absolute Gasteiger partial charge is 0.266 e. The molecule has 8 rings (SSSR count). The molecule has 6 unspecified atom stereocenters. The maximum absolute atomic E-state index is 13.6. The highest BCUT2D eigenvalue weighted by Crippen LogP contribution is 2.52. The highest BCUT2D eigenvalue weighted by Gasteiger charge is 2.56. The first kappa shape index (κ1) is 51.9. The molecule has 8 amide bonds. The summed E-state index contributed by atoms with van der Waals surface area (Å²) in [5.41, 5.74) is 1.75. The summed E-state index contributed by atoms with van der Waals surface area (Å²) in [6.45, 7) is 1.80. The van der Waals surface area contributed by atoms with Crippen molar-refractivity contribution in [2.45, 2.75) is 113 Å². The van der Waals surface area contributed by atoms with Gasteiger partial charge < -0.3 is 31.3 Å². The van der Waals surface area contributed by atoms with E-state index in [0.717, 1.165) is 93.2 Å². The molecule has 5 fully saturated rings. The number of imide groups is 2. The lowest BCUT2D eigenvalue weighted by atomic mass is 9.79. The average Bonchev–Trinajstić information content (AvgIpc) is 3.63. The quantitative estimate of drug-likeness (QED) is 0.0652. The molecule has 2 aromatic rings. The fraction of sp³-hybridized carbons (Fsp3) is 0.592. The summed E-state index contributed by atoms with van der Waals surface area (Å²) < 4.78 is 30.6. The number of hydrogen-bond acceptors (Lipinski definition) is 14. The second-order valence-corrected chi connectivity index (χ2v) is 22.6. The molecular formula is C49H65N9O11S2. The van der Waals surface area contributed by atoms with Gasteiger partial charge in [-0.1, -0.05) is 56.0 Å². The number of thioether (sulfide) groups is 1. The highest BCUT2D eigenvalue weighted by molar-refractivity contribution is 8.00. The van der Waals surface area contributed by atoms with E-state index in [1.807, 2.05) is 0 Å². The van der Waals surface area contributed by atoms with Gasteiger partial charge in [0.2, 0.25) is 39.6 Å². The minimum atomic E-state index is -3.36. The van der Waals surface area contributed by atoms with E-state index in [4.69, 9.17) is 4.74 Å². The Morgan fingerprint density at radius 2 is 1.59 bits per heavy atom. The van der Waals surface area contributed by atoms with Crippen molar-refractivity contribution in [1.29, 1.82) is 0 Å². The van der Waals surface area contributed by atoms with Gasteiger partial charge in [-0.25, -0.2) is 12.7 Å². The molecule has 20 nitrogen and oxygen atoms in total. The number of nitrogens with one attached hydrogen (secondary N) is 7. The van der Waals surface area contributed by atoms with Gasteiger partial charge >= 0.3 is 0 Å². The van der Waals surface area contributed by atoms with Gasteiger partial charge in [0, 0.05) is 50.4 Å². The van der Waals surface area contributed by atoms with Gasteiger partial charge in [0.15, 0.2) is 6.61 Å². The van der Waals surface area contributed by atoms with E-state index in [1.165, 1.54) is 22.0 Å². The first-order chi connectivity index (χ1) is 34.1. The molecule has 2 aromatic carbocycles. The SMILES string of the molecule is CS(=O)(=O)N1CCC(C(=O)NCC(=O)NC2NC(c3cccc(C4CCNC(C5(C(=O)NCCCCCCCCNC(=O)COc6cccc7c6C(=O)N(C6CCC(=O)NC6=O)C7=O)CC5)C4)c3)CS2)C1. The van der Waals surface area contributed by atoms with Crippen molar-refractivity contribution in [2.24, 2.45) is 11.3 Å². The number of fused-ring (bicyclic) bond motifs is 1. The molecule has 22 heteroatoms. The Balaban J connectivity index is 0.679. The number of unbranched alkanes of at least 4 members (excludes halogenated alkanes) is 5. The van der Waals surface area contributed by atoms with Crippen LogP contribution < -0.4 is 42.0 Å². The number of amides is 8. The van der Waals surface area contributed by atoms with Crippen molar-refractivity contribution in [3.8, 4) is 5.75 Å². The fourth-order valence-corrected chi connectivity index (χ4v) is 12.4. The number of carbonyl (C=O) groups is 8. The molecule has 1 saturated carbocycles. The van der Waals surface area contributed by atoms with Gasteiger partial charge in [0.1, 0.15) is 17.3 Å². The zero-order valence-electron chi connectivity index (χ0n) is 40.1. The van der Waals surface area contributed by atoms with Crippen LogP contribution in [-0.2, 0) is 38.8 Å².